The van der Waals surface area contributed by atoms with Crippen LogP contribution in [0.3, 0.4) is 0 Å². The summed E-state index contributed by atoms with van der Waals surface area (Å²) in [4.78, 5) is 12.2. The molecule has 112 valence electrons. The highest BCUT2D eigenvalue weighted by Gasteiger charge is 2.26. The van der Waals surface area contributed by atoms with Crippen molar-refractivity contribution in [1.82, 2.24) is 4.90 Å². The van der Waals surface area contributed by atoms with Gasteiger partial charge < -0.3 is 10.2 Å². The number of hydrogen-bond donors (Lipinski definition) is 2. The molecule has 1 aromatic rings. The van der Waals surface area contributed by atoms with Gasteiger partial charge in [0.1, 0.15) is 11.6 Å². The molecular formula is C14H19F2NO3. The fourth-order valence-electron chi connectivity index (χ4n) is 2.16. The van der Waals surface area contributed by atoms with Gasteiger partial charge in [0.2, 0.25) is 0 Å². The van der Waals surface area contributed by atoms with Crippen molar-refractivity contribution in [3.63, 3.8) is 0 Å². The Morgan fingerprint density at radius 1 is 1.40 bits per heavy atom. The van der Waals surface area contributed by atoms with Crippen LogP contribution in [-0.4, -0.2) is 40.7 Å². The Balaban J connectivity index is 2.87. The maximum atomic E-state index is 13.7. The number of likely N-dealkylation sites (N-methyl/N-ethyl adjacent to an activating group) is 1. The van der Waals surface area contributed by atoms with E-state index in [1.54, 1.807) is 18.9 Å². The topological polar surface area (TPSA) is 60.8 Å². The third kappa shape index (κ3) is 4.25. The molecule has 20 heavy (non-hydrogen) atoms. The largest absolute Gasteiger partial charge is 0.481 e. The fourth-order valence-corrected chi connectivity index (χ4v) is 2.16. The van der Waals surface area contributed by atoms with Crippen molar-refractivity contribution in [1.29, 1.82) is 0 Å². The molecule has 0 bridgehead atoms. The van der Waals surface area contributed by atoms with E-state index in [4.69, 9.17) is 5.11 Å². The molecule has 0 saturated heterocycles. The summed E-state index contributed by atoms with van der Waals surface area (Å²) in [5.74, 6) is -2.24. The molecule has 2 N–H and O–H groups in total. The molecule has 0 heterocycles. The molecule has 0 aliphatic carbocycles. The first-order valence-corrected chi connectivity index (χ1v) is 6.41. The Morgan fingerprint density at radius 3 is 2.60 bits per heavy atom. The summed E-state index contributed by atoms with van der Waals surface area (Å²) in [6.45, 7) is 2.02. The number of carboxylic acid groups (broad SMARTS) is 1. The molecule has 1 aromatic carbocycles. The molecule has 2 unspecified atom stereocenters. The van der Waals surface area contributed by atoms with Crippen LogP contribution in [0.15, 0.2) is 18.2 Å². The van der Waals surface area contributed by atoms with E-state index in [0.717, 1.165) is 18.2 Å². The van der Waals surface area contributed by atoms with E-state index in [1.165, 1.54) is 0 Å². The molecule has 0 amide bonds. The summed E-state index contributed by atoms with van der Waals surface area (Å²) in [5.41, 5.74) is -0.112. The molecule has 0 aromatic heterocycles. The summed E-state index contributed by atoms with van der Waals surface area (Å²) in [7, 11) is 1.65. The predicted molar refractivity (Wildman–Crippen MR) is 70.3 cm³/mol. The van der Waals surface area contributed by atoms with Crippen LogP contribution in [0.4, 0.5) is 8.78 Å². The van der Waals surface area contributed by atoms with Gasteiger partial charge in [0.15, 0.2) is 0 Å². The molecule has 0 saturated carbocycles. The maximum Gasteiger partial charge on any atom is 0.304 e. The number of nitrogens with zero attached hydrogens (tertiary/aromatic N) is 1. The second-order valence-corrected chi connectivity index (χ2v) is 4.71. The van der Waals surface area contributed by atoms with Crippen LogP contribution >= 0.6 is 0 Å². The minimum absolute atomic E-state index is 0.0780. The maximum absolute atomic E-state index is 13.7. The van der Waals surface area contributed by atoms with Gasteiger partial charge in [-0.15, -0.1) is 0 Å². The molecule has 0 radical (unpaired) electrons. The van der Waals surface area contributed by atoms with Crippen molar-refractivity contribution in [3.8, 4) is 0 Å². The lowest BCUT2D eigenvalue weighted by molar-refractivity contribution is -0.137. The lowest BCUT2D eigenvalue weighted by atomic mass is 9.98. The van der Waals surface area contributed by atoms with Crippen molar-refractivity contribution in [2.75, 3.05) is 13.6 Å². The van der Waals surface area contributed by atoms with Crippen molar-refractivity contribution in [2.24, 2.45) is 0 Å². The first kappa shape index (κ1) is 16.5. The lowest BCUT2D eigenvalue weighted by Crippen LogP contribution is -2.38. The number of halogens is 2. The molecule has 4 nitrogen and oxygen atoms in total. The number of carboxylic acids is 1. The third-order valence-corrected chi connectivity index (χ3v) is 3.30. The van der Waals surface area contributed by atoms with Crippen molar-refractivity contribution < 1.29 is 23.8 Å². The third-order valence-electron chi connectivity index (χ3n) is 3.30. The summed E-state index contributed by atoms with van der Waals surface area (Å²) < 4.78 is 26.8. The average Bonchev–Trinajstić information content (AvgIpc) is 2.39. The number of aliphatic carboxylic acids is 1. The van der Waals surface area contributed by atoms with Gasteiger partial charge in [-0.25, -0.2) is 8.78 Å². The molecule has 0 fully saturated rings. The molecule has 1 rings (SSSR count). The van der Waals surface area contributed by atoms with Crippen LogP contribution in [0.1, 0.15) is 31.4 Å². The van der Waals surface area contributed by atoms with Gasteiger partial charge in [-0.1, -0.05) is 6.92 Å². The summed E-state index contributed by atoms with van der Waals surface area (Å²) in [5, 5.41) is 18.9. The highest BCUT2D eigenvalue weighted by Crippen LogP contribution is 2.25. The quantitative estimate of drug-likeness (QED) is 0.807. The number of hydrogen-bond acceptors (Lipinski definition) is 3. The smallest absolute Gasteiger partial charge is 0.304 e. The highest BCUT2D eigenvalue weighted by molar-refractivity contribution is 5.66. The van der Waals surface area contributed by atoms with Gasteiger partial charge in [0.05, 0.1) is 12.5 Å². The van der Waals surface area contributed by atoms with Gasteiger partial charge >= 0.3 is 5.97 Å². The van der Waals surface area contributed by atoms with Crippen molar-refractivity contribution >= 4 is 5.97 Å². The van der Waals surface area contributed by atoms with E-state index < -0.39 is 29.7 Å². The van der Waals surface area contributed by atoms with Crippen LogP contribution < -0.4 is 0 Å². The standard InChI is InChI=1S/C14H19F2NO3/c1-3-12(17(2)7-6-13(18)19)14(20)10-8-9(15)4-5-11(10)16/h4-5,8,12,14,20H,3,6-7H2,1-2H3,(H,18,19). The average molecular weight is 287 g/mol. The zero-order valence-electron chi connectivity index (χ0n) is 11.5. The molecule has 2 atom stereocenters. The fraction of sp³-hybridized carbons (Fsp3) is 0.500. The van der Waals surface area contributed by atoms with Gasteiger partial charge in [-0.2, -0.15) is 0 Å². The monoisotopic (exact) mass is 287 g/mol. The number of aliphatic hydroxyl groups is 1. The predicted octanol–water partition coefficient (Wildman–Crippen LogP) is 2.18. The number of aliphatic hydroxyl groups excluding tert-OH is 1. The zero-order valence-corrected chi connectivity index (χ0v) is 11.5. The van der Waals surface area contributed by atoms with Gasteiger partial charge in [0, 0.05) is 18.2 Å². The minimum Gasteiger partial charge on any atom is -0.481 e. The molecule has 0 spiro atoms. The van der Waals surface area contributed by atoms with E-state index >= 15 is 0 Å². The summed E-state index contributed by atoms with van der Waals surface area (Å²) >= 11 is 0. The number of benzene rings is 1. The van der Waals surface area contributed by atoms with E-state index in [-0.39, 0.29) is 18.5 Å². The van der Waals surface area contributed by atoms with Crippen LogP contribution in [0.5, 0.6) is 0 Å². The SMILES string of the molecule is CCC(C(O)c1cc(F)ccc1F)N(C)CCC(=O)O. The first-order valence-electron chi connectivity index (χ1n) is 6.41. The van der Waals surface area contributed by atoms with Gasteiger partial charge in [-0.05, 0) is 31.7 Å². The van der Waals surface area contributed by atoms with E-state index in [2.05, 4.69) is 0 Å². The summed E-state index contributed by atoms with van der Waals surface area (Å²) in [6.07, 6.45) is -0.812. The highest BCUT2D eigenvalue weighted by atomic mass is 19.1. The van der Waals surface area contributed by atoms with E-state index in [0.29, 0.717) is 6.42 Å². The first-order chi connectivity index (χ1) is 9.36. The van der Waals surface area contributed by atoms with Crippen molar-refractivity contribution in [2.45, 2.75) is 31.9 Å². The van der Waals surface area contributed by atoms with E-state index in [9.17, 15) is 18.7 Å². The number of carbonyl (C=O) groups is 1. The normalized spacial score (nSPS) is 14.3. The Kier molecular flexibility index (Phi) is 6.04. The van der Waals surface area contributed by atoms with Crippen molar-refractivity contribution in [3.05, 3.63) is 35.4 Å². The van der Waals surface area contributed by atoms with Crippen LogP contribution in [-0.2, 0) is 4.79 Å². The van der Waals surface area contributed by atoms with Gasteiger partial charge in [0.25, 0.3) is 0 Å². The minimum atomic E-state index is -1.21. The Hall–Kier alpha value is -1.53. The molecule has 6 heteroatoms. The Labute approximate surface area is 116 Å². The zero-order chi connectivity index (χ0) is 15.3. The molecule has 0 aliphatic rings. The van der Waals surface area contributed by atoms with E-state index in [1.807, 2.05) is 0 Å². The summed E-state index contributed by atoms with van der Waals surface area (Å²) in [6, 6.07) is 2.44. The number of rotatable bonds is 7. The lowest BCUT2D eigenvalue weighted by Gasteiger charge is -2.31. The van der Waals surface area contributed by atoms with Crippen LogP contribution in [0, 0.1) is 11.6 Å². The second kappa shape index (κ2) is 7.31. The van der Waals surface area contributed by atoms with Gasteiger partial charge in [-0.3, -0.25) is 9.69 Å². The Bertz CT molecular complexity index is 468. The second-order valence-electron chi connectivity index (χ2n) is 4.71. The van der Waals surface area contributed by atoms with Crippen LogP contribution in [0.25, 0.3) is 0 Å². The molecular weight excluding hydrogens is 268 g/mol. The van der Waals surface area contributed by atoms with Crippen LogP contribution in [0.2, 0.25) is 0 Å². The molecule has 0 aliphatic heterocycles. The Morgan fingerprint density at radius 2 is 2.05 bits per heavy atom.